The molecule has 1 aliphatic rings. The maximum atomic E-state index is 9.83. The standard InChI is InChI=1S/C12H22O/c1-5-9(2)11-6-7-12(4,13)8-10(11)3/h6-7,9-11,13H,5,8H2,1-4H3. The van der Waals surface area contributed by atoms with Crippen LogP contribution in [0.3, 0.4) is 0 Å². The normalized spacial score (nSPS) is 41.9. The van der Waals surface area contributed by atoms with Crippen molar-refractivity contribution in [2.24, 2.45) is 17.8 Å². The lowest BCUT2D eigenvalue weighted by Gasteiger charge is -2.35. The van der Waals surface area contributed by atoms with Gasteiger partial charge < -0.3 is 5.11 Å². The third-order valence-electron chi connectivity index (χ3n) is 3.37. The third kappa shape index (κ3) is 2.57. The highest BCUT2D eigenvalue weighted by Crippen LogP contribution is 2.35. The highest BCUT2D eigenvalue weighted by atomic mass is 16.3. The largest absolute Gasteiger partial charge is 0.386 e. The van der Waals surface area contributed by atoms with Crippen LogP contribution in [0, 0.1) is 17.8 Å². The summed E-state index contributed by atoms with van der Waals surface area (Å²) in [6.07, 6.45) is 6.31. The molecule has 0 radical (unpaired) electrons. The first-order valence-electron chi connectivity index (χ1n) is 5.38. The van der Waals surface area contributed by atoms with Gasteiger partial charge in [0, 0.05) is 0 Å². The molecule has 1 heteroatoms. The molecule has 0 bridgehead atoms. The molecule has 0 fully saturated rings. The van der Waals surface area contributed by atoms with E-state index in [4.69, 9.17) is 0 Å². The molecular weight excluding hydrogens is 160 g/mol. The van der Waals surface area contributed by atoms with E-state index in [0.29, 0.717) is 11.8 Å². The van der Waals surface area contributed by atoms with Crippen LogP contribution in [0.2, 0.25) is 0 Å². The van der Waals surface area contributed by atoms with Gasteiger partial charge in [-0.05, 0) is 31.1 Å². The van der Waals surface area contributed by atoms with Gasteiger partial charge in [-0.25, -0.2) is 0 Å². The van der Waals surface area contributed by atoms with Gasteiger partial charge in [-0.1, -0.05) is 39.3 Å². The zero-order valence-electron chi connectivity index (χ0n) is 9.25. The second kappa shape index (κ2) is 3.83. The summed E-state index contributed by atoms with van der Waals surface area (Å²) in [5, 5.41) is 9.83. The van der Waals surface area contributed by atoms with Gasteiger partial charge >= 0.3 is 0 Å². The summed E-state index contributed by atoms with van der Waals surface area (Å²) < 4.78 is 0. The first kappa shape index (κ1) is 10.8. The van der Waals surface area contributed by atoms with Crippen LogP contribution in [-0.4, -0.2) is 10.7 Å². The maximum absolute atomic E-state index is 9.83. The van der Waals surface area contributed by atoms with Crippen molar-refractivity contribution in [1.82, 2.24) is 0 Å². The fourth-order valence-electron chi connectivity index (χ4n) is 2.39. The molecule has 0 spiro atoms. The van der Waals surface area contributed by atoms with Crippen molar-refractivity contribution in [3.8, 4) is 0 Å². The van der Waals surface area contributed by atoms with Gasteiger partial charge in [0.2, 0.25) is 0 Å². The summed E-state index contributed by atoms with van der Waals surface area (Å²) in [4.78, 5) is 0. The van der Waals surface area contributed by atoms with Crippen LogP contribution < -0.4 is 0 Å². The maximum Gasteiger partial charge on any atom is 0.0802 e. The average molecular weight is 182 g/mol. The highest BCUT2D eigenvalue weighted by molar-refractivity contribution is 5.08. The van der Waals surface area contributed by atoms with Gasteiger partial charge in [0.15, 0.2) is 0 Å². The van der Waals surface area contributed by atoms with Crippen molar-refractivity contribution >= 4 is 0 Å². The van der Waals surface area contributed by atoms with Gasteiger partial charge in [0.25, 0.3) is 0 Å². The molecule has 0 aromatic rings. The minimum absolute atomic E-state index is 0.566. The molecule has 1 aliphatic carbocycles. The Hall–Kier alpha value is -0.300. The quantitative estimate of drug-likeness (QED) is 0.651. The fraction of sp³-hybridized carbons (Fsp3) is 0.833. The fourth-order valence-corrected chi connectivity index (χ4v) is 2.39. The van der Waals surface area contributed by atoms with E-state index in [-0.39, 0.29) is 0 Å². The van der Waals surface area contributed by atoms with Crippen molar-refractivity contribution in [2.75, 3.05) is 0 Å². The molecule has 0 saturated carbocycles. The summed E-state index contributed by atoms with van der Waals surface area (Å²) in [6.45, 7) is 8.67. The Kier molecular flexibility index (Phi) is 3.18. The predicted molar refractivity (Wildman–Crippen MR) is 56.5 cm³/mol. The summed E-state index contributed by atoms with van der Waals surface area (Å²) in [5.41, 5.74) is -0.566. The van der Waals surface area contributed by atoms with E-state index >= 15 is 0 Å². The van der Waals surface area contributed by atoms with Crippen molar-refractivity contribution in [2.45, 2.75) is 46.1 Å². The van der Waals surface area contributed by atoms with E-state index in [0.717, 1.165) is 12.3 Å². The molecule has 4 atom stereocenters. The summed E-state index contributed by atoms with van der Waals surface area (Å²) in [6, 6.07) is 0. The third-order valence-corrected chi connectivity index (χ3v) is 3.37. The van der Waals surface area contributed by atoms with Crippen LogP contribution in [0.4, 0.5) is 0 Å². The number of hydrogen-bond donors (Lipinski definition) is 1. The molecule has 1 rings (SSSR count). The van der Waals surface area contributed by atoms with Gasteiger partial charge in [0.1, 0.15) is 0 Å². The van der Waals surface area contributed by atoms with Crippen LogP contribution in [-0.2, 0) is 0 Å². The Balaban J connectivity index is 2.70. The van der Waals surface area contributed by atoms with Crippen LogP contribution in [0.5, 0.6) is 0 Å². The number of rotatable bonds is 2. The Morgan fingerprint density at radius 3 is 2.69 bits per heavy atom. The zero-order chi connectivity index (χ0) is 10.1. The smallest absolute Gasteiger partial charge is 0.0802 e. The molecule has 1 nitrogen and oxygen atoms in total. The topological polar surface area (TPSA) is 20.2 Å². The molecule has 0 aliphatic heterocycles. The molecule has 76 valence electrons. The molecular formula is C12H22O. The van der Waals surface area contributed by atoms with Crippen LogP contribution in [0.25, 0.3) is 0 Å². The van der Waals surface area contributed by atoms with Gasteiger partial charge in [-0.2, -0.15) is 0 Å². The number of hydrogen-bond acceptors (Lipinski definition) is 1. The molecule has 0 saturated heterocycles. The Morgan fingerprint density at radius 1 is 1.62 bits per heavy atom. The minimum Gasteiger partial charge on any atom is -0.386 e. The Morgan fingerprint density at radius 2 is 2.23 bits per heavy atom. The second-order valence-corrected chi connectivity index (χ2v) is 4.86. The zero-order valence-corrected chi connectivity index (χ0v) is 9.25. The van der Waals surface area contributed by atoms with E-state index in [1.165, 1.54) is 6.42 Å². The lowest BCUT2D eigenvalue weighted by molar-refractivity contribution is 0.0593. The Bertz CT molecular complexity index is 193. The SMILES string of the molecule is CCC(C)C1C=CC(C)(O)CC1C. The van der Waals surface area contributed by atoms with Crippen LogP contribution >= 0.6 is 0 Å². The van der Waals surface area contributed by atoms with Crippen molar-refractivity contribution in [1.29, 1.82) is 0 Å². The van der Waals surface area contributed by atoms with E-state index in [9.17, 15) is 5.11 Å². The second-order valence-electron chi connectivity index (χ2n) is 4.86. The molecule has 0 amide bonds. The molecule has 0 heterocycles. The molecule has 13 heavy (non-hydrogen) atoms. The van der Waals surface area contributed by atoms with Gasteiger partial charge in [-0.15, -0.1) is 0 Å². The summed E-state index contributed by atoms with van der Waals surface area (Å²) in [5.74, 6) is 2.00. The van der Waals surface area contributed by atoms with Crippen molar-refractivity contribution < 1.29 is 5.11 Å². The molecule has 4 unspecified atom stereocenters. The minimum atomic E-state index is -0.566. The average Bonchev–Trinajstić information content (AvgIpc) is 2.01. The number of aliphatic hydroxyl groups is 1. The lowest BCUT2D eigenvalue weighted by Crippen LogP contribution is -2.33. The number of allylic oxidation sites excluding steroid dienone is 1. The lowest BCUT2D eigenvalue weighted by atomic mass is 9.73. The van der Waals surface area contributed by atoms with E-state index in [1.54, 1.807) is 0 Å². The predicted octanol–water partition coefficient (Wildman–Crippen LogP) is 3.00. The van der Waals surface area contributed by atoms with Gasteiger partial charge in [0.05, 0.1) is 5.60 Å². The van der Waals surface area contributed by atoms with Crippen LogP contribution in [0.1, 0.15) is 40.5 Å². The first-order valence-corrected chi connectivity index (χ1v) is 5.38. The van der Waals surface area contributed by atoms with Gasteiger partial charge in [-0.3, -0.25) is 0 Å². The van der Waals surface area contributed by atoms with Crippen molar-refractivity contribution in [3.05, 3.63) is 12.2 Å². The molecule has 0 aromatic heterocycles. The van der Waals surface area contributed by atoms with Crippen LogP contribution in [0.15, 0.2) is 12.2 Å². The van der Waals surface area contributed by atoms with E-state index < -0.39 is 5.60 Å². The van der Waals surface area contributed by atoms with E-state index in [1.807, 2.05) is 13.0 Å². The summed E-state index contributed by atoms with van der Waals surface area (Å²) >= 11 is 0. The highest BCUT2D eigenvalue weighted by Gasteiger charge is 2.31. The monoisotopic (exact) mass is 182 g/mol. The molecule has 0 aromatic carbocycles. The van der Waals surface area contributed by atoms with E-state index in [2.05, 4.69) is 26.8 Å². The summed E-state index contributed by atoms with van der Waals surface area (Å²) in [7, 11) is 0. The Labute approximate surface area is 81.9 Å². The first-order chi connectivity index (χ1) is 5.96. The molecule has 1 N–H and O–H groups in total. The van der Waals surface area contributed by atoms with Crippen molar-refractivity contribution in [3.63, 3.8) is 0 Å².